The first kappa shape index (κ1) is 26.7. The minimum atomic E-state index is -0.951. The van der Waals surface area contributed by atoms with Crippen LogP contribution in [0.25, 0.3) is 10.4 Å². The van der Waals surface area contributed by atoms with Crippen LogP contribution < -0.4 is 0 Å². The van der Waals surface area contributed by atoms with E-state index >= 15 is 4.39 Å². The maximum Gasteiger partial charge on any atom is 0.302 e. The number of aliphatic hydroxyl groups is 1. The molecule has 7 heteroatoms. The van der Waals surface area contributed by atoms with Gasteiger partial charge in [-0.3, -0.25) is 4.79 Å². The Labute approximate surface area is 210 Å². The molecule has 12 atom stereocenters. The molecular formula is C28H46FN3O3. The van der Waals surface area contributed by atoms with Crippen molar-refractivity contribution in [1.82, 2.24) is 0 Å². The summed E-state index contributed by atoms with van der Waals surface area (Å²) in [4.78, 5) is 14.7. The van der Waals surface area contributed by atoms with Crippen LogP contribution in [0, 0.1) is 52.3 Å². The van der Waals surface area contributed by atoms with Crippen LogP contribution in [0.1, 0.15) is 92.4 Å². The van der Waals surface area contributed by atoms with Gasteiger partial charge in [0.2, 0.25) is 0 Å². The lowest BCUT2D eigenvalue weighted by Gasteiger charge is -2.65. The van der Waals surface area contributed by atoms with Crippen LogP contribution in [0.15, 0.2) is 5.11 Å². The van der Waals surface area contributed by atoms with Crippen LogP contribution >= 0.6 is 0 Å². The number of fused-ring (bicyclic) bond motifs is 5. The Bertz CT molecular complexity index is 834. The fourth-order valence-corrected chi connectivity index (χ4v) is 10.1. The van der Waals surface area contributed by atoms with Crippen molar-refractivity contribution >= 4 is 5.97 Å². The van der Waals surface area contributed by atoms with Gasteiger partial charge in [0.25, 0.3) is 0 Å². The summed E-state index contributed by atoms with van der Waals surface area (Å²) in [5, 5.41) is 15.7. The second-order valence-corrected chi connectivity index (χ2v) is 12.9. The topological polar surface area (TPSA) is 95.3 Å². The Kier molecular flexibility index (Phi) is 7.79. The molecule has 198 valence electrons. The maximum atomic E-state index is 15.6. The molecule has 0 aliphatic heterocycles. The Morgan fingerprint density at radius 2 is 1.89 bits per heavy atom. The SMILES string of the molecule is CC(=O)OC(C)[C@H]1[C@@H](O)[C@@H]2[C@H](CC[C@]3(C)[C@@H](C(C)CCCN=[N+]=[N-])CC[C@@H]23)[C@@]2(C)CCC[C@H](F)[C@@H]12. The Balaban J connectivity index is 1.64. The number of nitrogens with zero attached hydrogens (tertiary/aromatic N) is 3. The van der Waals surface area contributed by atoms with Crippen molar-refractivity contribution in [2.75, 3.05) is 6.54 Å². The molecule has 2 unspecified atom stereocenters. The molecule has 4 aliphatic rings. The van der Waals surface area contributed by atoms with Crippen LogP contribution in [0.2, 0.25) is 0 Å². The predicted molar refractivity (Wildman–Crippen MR) is 134 cm³/mol. The van der Waals surface area contributed by atoms with Gasteiger partial charge < -0.3 is 9.84 Å². The summed E-state index contributed by atoms with van der Waals surface area (Å²) in [5.41, 5.74) is 8.57. The number of carbonyl (C=O) groups is 1. The van der Waals surface area contributed by atoms with Crippen LogP contribution in [0.5, 0.6) is 0 Å². The van der Waals surface area contributed by atoms with E-state index in [0.29, 0.717) is 36.6 Å². The van der Waals surface area contributed by atoms with Crippen molar-refractivity contribution in [2.24, 2.45) is 57.4 Å². The van der Waals surface area contributed by atoms with E-state index in [1.807, 2.05) is 6.92 Å². The minimum absolute atomic E-state index is 0.128. The summed E-state index contributed by atoms with van der Waals surface area (Å²) in [7, 11) is 0. The van der Waals surface area contributed by atoms with Crippen molar-refractivity contribution in [3.05, 3.63) is 10.4 Å². The molecule has 4 rings (SSSR count). The second-order valence-electron chi connectivity index (χ2n) is 12.9. The van der Waals surface area contributed by atoms with E-state index < -0.39 is 18.4 Å². The molecule has 0 aromatic carbocycles. The van der Waals surface area contributed by atoms with E-state index in [1.165, 1.54) is 6.92 Å². The number of alkyl halides is 1. The number of azide groups is 1. The summed E-state index contributed by atoms with van der Waals surface area (Å²) >= 11 is 0. The molecule has 1 N–H and O–H groups in total. The van der Waals surface area contributed by atoms with Crippen molar-refractivity contribution in [2.45, 2.75) is 111 Å². The first-order valence-corrected chi connectivity index (χ1v) is 14.1. The second kappa shape index (κ2) is 10.2. The standard InChI is InChI=1S/C28H46FN3O3/c1-16(8-7-15-31-32-30)19-10-11-20-24-21(12-14-27(19,20)4)28(5)13-6-9-22(29)25(28)23(26(24)34)17(2)35-18(3)33/h16-17,19-26,34H,6-15H2,1-5H3/t16?,17?,19-,20+,21+,22+,23-,24+,25+,26-,27-,28-/m1/s1. The van der Waals surface area contributed by atoms with Gasteiger partial charge in [-0.25, -0.2) is 4.39 Å². The van der Waals surface area contributed by atoms with Crippen LogP contribution in [-0.2, 0) is 9.53 Å². The molecule has 0 spiro atoms. The summed E-state index contributed by atoms with van der Waals surface area (Å²) in [5.74, 6) is 1.00. The van der Waals surface area contributed by atoms with Gasteiger partial charge in [-0.2, -0.15) is 0 Å². The third-order valence-electron chi connectivity index (χ3n) is 11.4. The molecule has 0 aromatic rings. The summed E-state index contributed by atoms with van der Waals surface area (Å²) in [6.45, 7) is 10.9. The molecule has 4 fully saturated rings. The number of rotatable bonds is 7. The number of halogens is 1. The smallest absolute Gasteiger partial charge is 0.302 e. The zero-order valence-corrected chi connectivity index (χ0v) is 22.3. The van der Waals surface area contributed by atoms with Crippen molar-refractivity contribution in [1.29, 1.82) is 0 Å². The minimum Gasteiger partial charge on any atom is -0.462 e. The highest BCUT2D eigenvalue weighted by atomic mass is 19.1. The zero-order chi connectivity index (χ0) is 25.5. The molecule has 0 amide bonds. The average Bonchev–Trinajstić information content (AvgIpc) is 3.14. The quantitative estimate of drug-likeness (QED) is 0.139. The highest BCUT2D eigenvalue weighted by Crippen LogP contribution is 2.69. The molecule has 0 heterocycles. The van der Waals surface area contributed by atoms with Crippen molar-refractivity contribution in [3.63, 3.8) is 0 Å². The van der Waals surface area contributed by atoms with Gasteiger partial charge in [-0.1, -0.05) is 32.3 Å². The van der Waals surface area contributed by atoms with E-state index in [0.717, 1.165) is 51.4 Å². The van der Waals surface area contributed by atoms with Gasteiger partial charge in [0.05, 0.1) is 6.10 Å². The molecule has 4 aliphatic carbocycles. The van der Waals surface area contributed by atoms with Gasteiger partial charge in [-0.15, -0.1) is 0 Å². The van der Waals surface area contributed by atoms with Gasteiger partial charge in [0.15, 0.2) is 0 Å². The van der Waals surface area contributed by atoms with E-state index in [2.05, 4.69) is 30.8 Å². The predicted octanol–water partition coefficient (Wildman–Crippen LogP) is 6.86. The molecule has 4 saturated carbocycles. The fourth-order valence-electron chi connectivity index (χ4n) is 10.1. The van der Waals surface area contributed by atoms with E-state index in [4.69, 9.17) is 10.3 Å². The third kappa shape index (κ3) is 4.50. The summed E-state index contributed by atoms with van der Waals surface area (Å²) < 4.78 is 21.3. The summed E-state index contributed by atoms with van der Waals surface area (Å²) in [6.07, 6.45) is 6.77. The molecule has 35 heavy (non-hydrogen) atoms. The maximum absolute atomic E-state index is 15.6. The fraction of sp³-hybridized carbons (Fsp3) is 0.964. The number of ether oxygens (including phenoxy) is 1. The number of hydrogen-bond donors (Lipinski definition) is 1. The lowest BCUT2D eigenvalue weighted by molar-refractivity contribution is -0.228. The molecule has 6 nitrogen and oxygen atoms in total. The zero-order valence-electron chi connectivity index (χ0n) is 22.3. The summed E-state index contributed by atoms with van der Waals surface area (Å²) in [6, 6.07) is 0. The first-order valence-electron chi connectivity index (χ1n) is 14.1. The number of hydrogen-bond acceptors (Lipinski definition) is 4. The van der Waals surface area contributed by atoms with Gasteiger partial charge >= 0.3 is 5.97 Å². The molecule has 0 aromatic heterocycles. The largest absolute Gasteiger partial charge is 0.462 e. The highest BCUT2D eigenvalue weighted by Gasteiger charge is 2.67. The van der Waals surface area contributed by atoms with Crippen molar-refractivity contribution < 1.29 is 19.0 Å². The molecule has 0 radical (unpaired) electrons. The van der Waals surface area contributed by atoms with E-state index in [1.54, 1.807) is 0 Å². The van der Waals surface area contributed by atoms with Gasteiger partial charge in [0, 0.05) is 30.2 Å². The van der Waals surface area contributed by atoms with Crippen molar-refractivity contribution in [3.8, 4) is 0 Å². The number of esters is 1. The van der Waals surface area contributed by atoms with Crippen LogP contribution in [-0.4, -0.2) is 36.0 Å². The lowest BCUT2D eigenvalue weighted by Crippen LogP contribution is -2.65. The highest BCUT2D eigenvalue weighted by molar-refractivity contribution is 5.66. The first-order chi connectivity index (χ1) is 16.6. The Morgan fingerprint density at radius 3 is 2.57 bits per heavy atom. The molecular weight excluding hydrogens is 445 g/mol. The lowest BCUT2D eigenvalue weighted by atomic mass is 9.41. The number of aliphatic hydroxyl groups excluding tert-OH is 1. The van der Waals surface area contributed by atoms with E-state index in [9.17, 15) is 9.90 Å². The van der Waals surface area contributed by atoms with Gasteiger partial charge in [-0.05, 0) is 104 Å². The monoisotopic (exact) mass is 491 g/mol. The molecule has 0 saturated heterocycles. The van der Waals surface area contributed by atoms with Crippen LogP contribution in [0.3, 0.4) is 0 Å². The average molecular weight is 492 g/mol. The third-order valence-corrected chi connectivity index (χ3v) is 11.4. The molecule has 0 bridgehead atoms. The van der Waals surface area contributed by atoms with Crippen LogP contribution in [0.4, 0.5) is 4.39 Å². The normalized spacial score (nSPS) is 46.4. The van der Waals surface area contributed by atoms with E-state index in [-0.39, 0.29) is 34.6 Å². The Hall–Kier alpha value is -1.33. The van der Waals surface area contributed by atoms with Gasteiger partial charge in [0.1, 0.15) is 12.3 Å². The Morgan fingerprint density at radius 1 is 1.17 bits per heavy atom. The number of carbonyl (C=O) groups excluding carboxylic acids is 1.